The van der Waals surface area contributed by atoms with Gasteiger partial charge in [-0.25, -0.2) is 4.39 Å². The van der Waals surface area contributed by atoms with E-state index in [9.17, 15) is 9.18 Å². The molecular weight excluding hydrogens is 437 g/mol. The molecular formula is C25H30FN5OS. The van der Waals surface area contributed by atoms with E-state index in [4.69, 9.17) is 0 Å². The molecule has 33 heavy (non-hydrogen) atoms. The van der Waals surface area contributed by atoms with Gasteiger partial charge in [0.05, 0.1) is 11.8 Å². The molecule has 0 spiro atoms. The Kier molecular flexibility index (Phi) is 7.77. The van der Waals surface area contributed by atoms with Crippen LogP contribution in [0.4, 0.5) is 10.1 Å². The molecule has 0 saturated carbocycles. The summed E-state index contributed by atoms with van der Waals surface area (Å²) in [6, 6.07) is 16.0. The van der Waals surface area contributed by atoms with Crippen LogP contribution in [-0.2, 0) is 11.3 Å². The predicted octanol–water partition coefficient (Wildman–Crippen LogP) is 4.93. The number of carbonyl (C=O) groups excluding carboxylic acids is 1. The molecule has 2 aromatic carbocycles. The molecule has 1 aromatic heterocycles. The number of likely N-dealkylation sites (tertiary alicyclic amines) is 1. The quantitative estimate of drug-likeness (QED) is 0.440. The van der Waals surface area contributed by atoms with Crippen molar-refractivity contribution >= 4 is 23.4 Å². The smallest absolute Gasteiger partial charge is 0.240 e. The number of hydrogen-bond donors (Lipinski definition) is 0. The number of thioether (sulfide) groups is 1. The summed E-state index contributed by atoms with van der Waals surface area (Å²) in [4.78, 5) is 17.4. The summed E-state index contributed by atoms with van der Waals surface area (Å²) in [5.41, 5.74) is 1.68. The second-order valence-corrected chi connectivity index (χ2v) is 9.53. The number of amides is 1. The zero-order valence-corrected chi connectivity index (χ0v) is 20.0. The van der Waals surface area contributed by atoms with Gasteiger partial charge >= 0.3 is 0 Å². The topological polar surface area (TPSA) is 54.3 Å². The molecule has 174 valence electrons. The molecule has 6 nitrogen and oxygen atoms in total. The van der Waals surface area contributed by atoms with Crippen LogP contribution < -0.4 is 4.90 Å². The number of para-hydroxylation sites is 1. The maximum Gasteiger partial charge on any atom is 0.240 e. The fourth-order valence-corrected chi connectivity index (χ4v) is 5.10. The molecule has 8 heteroatoms. The van der Waals surface area contributed by atoms with Crippen LogP contribution in [0.2, 0.25) is 0 Å². The van der Waals surface area contributed by atoms with Crippen LogP contribution in [0.15, 0.2) is 59.8 Å². The van der Waals surface area contributed by atoms with E-state index in [2.05, 4.69) is 15.1 Å². The highest BCUT2D eigenvalue weighted by molar-refractivity contribution is 8.00. The lowest BCUT2D eigenvalue weighted by Gasteiger charge is -2.26. The largest absolute Gasteiger partial charge is 0.312 e. The van der Waals surface area contributed by atoms with Crippen LogP contribution in [0.1, 0.15) is 38.9 Å². The minimum absolute atomic E-state index is 0.0138. The summed E-state index contributed by atoms with van der Waals surface area (Å²) in [5.74, 6) is 0.532. The van der Waals surface area contributed by atoms with Gasteiger partial charge in [-0.3, -0.25) is 14.3 Å². The SMILES string of the molecule is CCN(C(=O)C(C)Sc1nnc(CN2CCCCC2)n1-c1ccc(F)cc1)c1ccccc1. The lowest BCUT2D eigenvalue weighted by Crippen LogP contribution is -2.36. The molecule has 1 aliphatic heterocycles. The Labute approximate surface area is 198 Å². The van der Waals surface area contributed by atoms with Gasteiger partial charge in [-0.05, 0) is 76.2 Å². The van der Waals surface area contributed by atoms with Crippen molar-refractivity contribution in [3.63, 3.8) is 0 Å². The minimum Gasteiger partial charge on any atom is -0.312 e. The summed E-state index contributed by atoms with van der Waals surface area (Å²) in [7, 11) is 0. The second kappa shape index (κ2) is 10.9. The second-order valence-electron chi connectivity index (χ2n) is 8.23. The van der Waals surface area contributed by atoms with E-state index in [-0.39, 0.29) is 17.0 Å². The number of rotatable bonds is 8. The fraction of sp³-hybridized carbons (Fsp3) is 0.400. The molecule has 0 N–H and O–H groups in total. The van der Waals surface area contributed by atoms with Crippen LogP contribution >= 0.6 is 11.8 Å². The van der Waals surface area contributed by atoms with E-state index in [1.165, 1.54) is 43.2 Å². The molecule has 0 aliphatic carbocycles. The normalized spacial score (nSPS) is 15.4. The lowest BCUT2D eigenvalue weighted by molar-refractivity contribution is -0.117. The predicted molar refractivity (Wildman–Crippen MR) is 130 cm³/mol. The van der Waals surface area contributed by atoms with Gasteiger partial charge in [0.15, 0.2) is 11.0 Å². The summed E-state index contributed by atoms with van der Waals surface area (Å²) in [6.07, 6.45) is 3.63. The lowest BCUT2D eigenvalue weighted by atomic mass is 10.1. The Bertz CT molecular complexity index is 1050. The molecule has 1 fully saturated rings. The van der Waals surface area contributed by atoms with Crippen molar-refractivity contribution < 1.29 is 9.18 Å². The van der Waals surface area contributed by atoms with E-state index < -0.39 is 0 Å². The van der Waals surface area contributed by atoms with Gasteiger partial charge in [-0.2, -0.15) is 0 Å². The van der Waals surface area contributed by atoms with Crippen molar-refractivity contribution in [3.05, 3.63) is 66.2 Å². The van der Waals surface area contributed by atoms with Gasteiger partial charge in [0.2, 0.25) is 5.91 Å². The number of benzene rings is 2. The van der Waals surface area contributed by atoms with E-state index in [0.717, 1.165) is 30.3 Å². The highest BCUT2D eigenvalue weighted by Crippen LogP contribution is 2.29. The van der Waals surface area contributed by atoms with Crippen LogP contribution in [0, 0.1) is 5.82 Å². The summed E-state index contributed by atoms with van der Waals surface area (Å²) < 4.78 is 15.6. The summed E-state index contributed by atoms with van der Waals surface area (Å²) in [5, 5.41) is 9.20. The molecule has 1 aliphatic rings. The van der Waals surface area contributed by atoms with Crippen molar-refractivity contribution in [1.29, 1.82) is 0 Å². The molecule has 1 atom stereocenters. The first-order valence-corrected chi connectivity index (χ1v) is 12.4. The minimum atomic E-state index is -0.364. The van der Waals surface area contributed by atoms with Gasteiger partial charge in [0.1, 0.15) is 5.82 Å². The van der Waals surface area contributed by atoms with Crippen LogP contribution in [0.25, 0.3) is 5.69 Å². The monoisotopic (exact) mass is 467 g/mol. The zero-order valence-electron chi connectivity index (χ0n) is 19.2. The molecule has 3 aromatic rings. The van der Waals surface area contributed by atoms with Crippen molar-refractivity contribution in [2.75, 3.05) is 24.5 Å². The number of piperidine rings is 1. The number of halogens is 1. The third kappa shape index (κ3) is 5.62. The first-order chi connectivity index (χ1) is 16.1. The maximum absolute atomic E-state index is 13.6. The Balaban J connectivity index is 1.59. The Morgan fingerprint density at radius 2 is 1.76 bits per heavy atom. The van der Waals surface area contributed by atoms with Gasteiger partial charge < -0.3 is 4.90 Å². The van der Waals surface area contributed by atoms with Crippen molar-refractivity contribution in [2.24, 2.45) is 0 Å². The third-order valence-electron chi connectivity index (χ3n) is 5.88. The molecule has 1 unspecified atom stereocenters. The zero-order chi connectivity index (χ0) is 23.2. The number of hydrogen-bond acceptors (Lipinski definition) is 5. The van der Waals surface area contributed by atoms with Crippen LogP contribution in [-0.4, -0.2) is 50.5 Å². The van der Waals surface area contributed by atoms with Crippen molar-refractivity contribution in [2.45, 2.75) is 50.1 Å². The highest BCUT2D eigenvalue weighted by atomic mass is 32.2. The van der Waals surface area contributed by atoms with E-state index >= 15 is 0 Å². The average Bonchev–Trinajstić information content (AvgIpc) is 3.23. The Morgan fingerprint density at radius 1 is 1.06 bits per heavy atom. The summed E-state index contributed by atoms with van der Waals surface area (Å²) in [6.45, 7) is 7.20. The van der Waals surface area contributed by atoms with Gasteiger partial charge in [-0.1, -0.05) is 36.4 Å². The molecule has 1 amide bonds. The molecule has 0 bridgehead atoms. The molecule has 2 heterocycles. The molecule has 4 rings (SSSR count). The van der Waals surface area contributed by atoms with E-state index in [1.807, 2.05) is 48.7 Å². The molecule has 0 radical (unpaired) electrons. The van der Waals surface area contributed by atoms with E-state index in [0.29, 0.717) is 18.2 Å². The van der Waals surface area contributed by atoms with Gasteiger partial charge in [-0.15, -0.1) is 10.2 Å². The standard InChI is InChI=1S/C25H30FN5OS/c1-3-30(21-10-6-4-7-11-21)24(32)19(2)33-25-28-27-23(18-29-16-8-5-9-17-29)31(25)22-14-12-20(26)13-15-22/h4,6-7,10-15,19H,3,5,8-9,16-18H2,1-2H3. The maximum atomic E-state index is 13.6. The van der Waals surface area contributed by atoms with E-state index in [1.54, 1.807) is 17.0 Å². The van der Waals surface area contributed by atoms with Gasteiger partial charge in [0, 0.05) is 17.9 Å². The van der Waals surface area contributed by atoms with Crippen molar-refractivity contribution in [3.8, 4) is 5.69 Å². The summed E-state index contributed by atoms with van der Waals surface area (Å²) >= 11 is 1.38. The molecule has 1 saturated heterocycles. The third-order valence-corrected chi connectivity index (χ3v) is 6.91. The highest BCUT2D eigenvalue weighted by Gasteiger charge is 2.26. The van der Waals surface area contributed by atoms with Crippen LogP contribution in [0.3, 0.4) is 0 Å². The number of anilines is 1. The van der Waals surface area contributed by atoms with Crippen LogP contribution in [0.5, 0.6) is 0 Å². The van der Waals surface area contributed by atoms with Gasteiger partial charge in [0.25, 0.3) is 0 Å². The fourth-order valence-electron chi connectivity index (χ4n) is 4.15. The Hall–Kier alpha value is -2.71. The number of nitrogens with zero attached hydrogens (tertiary/aromatic N) is 5. The number of aromatic nitrogens is 3. The number of carbonyl (C=O) groups is 1. The van der Waals surface area contributed by atoms with Crippen molar-refractivity contribution in [1.82, 2.24) is 19.7 Å². The first-order valence-electron chi connectivity index (χ1n) is 11.5. The first kappa shape index (κ1) is 23.4. The Morgan fingerprint density at radius 3 is 2.42 bits per heavy atom. The average molecular weight is 468 g/mol.